The Morgan fingerprint density at radius 3 is 2.89 bits per heavy atom. The Hall–Kier alpha value is -3.22. The Bertz CT molecular complexity index is 935. The summed E-state index contributed by atoms with van der Waals surface area (Å²) in [4.78, 5) is 23.6. The summed E-state index contributed by atoms with van der Waals surface area (Å²) in [6.45, 7) is 1.87. The molecule has 2 aliphatic heterocycles. The quantitative estimate of drug-likeness (QED) is 0.695. The third kappa shape index (κ3) is 2.95. The van der Waals surface area contributed by atoms with Crippen molar-refractivity contribution in [2.24, 2.45) is 0 Å². The number of carbonyl (C=O) groups is 1. The molecule has 0 spiro atoms. The molecule has 2 aliphatic rings. The van der Waals surface area contributed by atoms with Gasteiger partial charge < -0.3 is 9.64 Å². The molecule has 3 aromatic rings. The first kappa shape index (κ1) is 16.0. The van der Waals surface area contributed by atoms with Crippen LogP contribution in [0.5, 0.6) is 5.75 Å². The van der Waals surface area contributed by atoms with Crippen molar-refractivity contribution in [3.63, 3.8) is 0 Å². The molecule has 0 radical (unpaired) electrons. The highest BCUT2D eigenvalue weighted by Gasteiger charge is 2.33. The van der Waals surface area contributed by atoms with Crippen molar-refractivity contribution >= 4 is 5.91 Å². The SMILES string of the molecule is O=C(C1Cc2ccccc2O1)N1CCc2nc(-c3cccnc3)nn2CC1. The Kier molecular flexibility index (Phi) is 3.85. The molecule has 0 N–H and O–H groups in total. The minimum atomic E-state index is -0.424. The van der Waals surface area contributed by atoms with Crippen LogP contribution in [0.4, 0.5) is 0 Å². The number of hydrogen-bond donors (Lipinski definition) is 0. The van der Waals surface area contributed by atoms with Gasteiger partial charge in [-0.15, -0.1) is 0 Å². The number of ether oxygens (including phenoxy) is 1. The Morgan fingerprint density at radius 2 is 2.04 bits per heavy atom. The maximum absolute atomic E-state index is 12.9. The van der Waals surface area contributed by atoms with Crippen molar-refractivity contribution in [3.8, 4) is 17.1 Å². The highest BCUT2D eigenvalue weighted by atomic mass is 16.5. The summed E-state index contributed by atoms with van der Waals surface area (Å²) >= 11 is 0. The maximum atomic E-state index is 12.9. The molecule has 0 bridgehead atoms. The van der Waals surface area contributed by atoms with Gasteiger partial charge in [0.2, 0.25) is 0 Å². The first-order chi connectivity index (χ1) is 13.3. The van der Waals surface area contributed by atoms with E-state index in [4.69, 9.17) is 4.74 Å². The topological polar surface area (TPSA) is 73.1 Å². The number of fused-ring (bicyclic) bond motifs is 2. The van der Waals surface area contributed by atoms with Gasteiger partial charge in [-0.05, 0) is 23.8 Å². The zero-order valence-corrected chi connectivity index (χ0v) is 14.8. The van der Waals surface area contributed by atoms with Crippen LogP contribution in [-0.4, -0.2) is 49.7 Å². The van der Waals surface area contributed by atoms with E-state index in [-0.39, 0.29) is 5.91 Å². The van der Waals surface area contributed by atoms with Crippen LogP contribution >= 0.6 is 0 Å². The van der Waals surface area contributed by atoms with E-state index in [2.05, 4.69) is 15.1 Å². The molecule has 27 heavy (non-hydrogen) atoms. The average molecular weight is 361 g/mol. The third-order valence-corrected chi connectivity index (χ3v) is 5.09. The van der Waals surface area contributed by atoms with Gasteiger partial charge in [-0.1, -0.05) is 18.2 Å². The number of carbonyl (C=O) groups excluding carboxylic acids is 1. The smallest absolute Gasteiger partial charge is 0.264 e. The van der Waals surface area contributed by atoms with Gasteiger partial charge in [0.15, 0.2) is 11.9 Å². The van der Waals surface area contributed by atoms with Crippen LogP contribution in [0.25, 0.3) is 11.4 Å². The van der Waals surface area contributed by atoms with E-state index in [9.17, 15) is 4.79 Å². The zero-order chi connectivity index (χ0) is 18.2. The summed E-state index contributed by atoms with van der Waals surface area (Å²) in [5.74, 6) is 2.46. The van der Waals surface area contributed by atoms with Crippen LogP contribution < -0.4 is 4.74 Å². The average Bonchev–Trinajstić information content (AvgIpc) is 3.28. The molecule has 7 heteroatoms. The van der Waals surface area contributed by atoms with E-state index >= 15 is 0 Å². The number of nitrogens with zero attached hydrogens (tertiary/aromatic N) is 5. The number of benzene rings is 1. The number of para-hydroxylation sites is 1. The van der Waals surface area contributed by atoms with Crippen molar-refractivity contribution in [3.05, 3.63) is 60.2 Å². The summed E-state index contributed by atoms with van der Waals surface area (Å²) in [6.07, 6.45) is 4.39. The minimum absolute atomic E-state index is 0.0458. The predicted molar refractivity (Wildman–Crippen MR) is 98.1 cm³/mol. The number of aromatic nitrogens is 4. The van der Waals surface area contributed by atoms with Gasteiger partial charge in [-0.25, -0.2) is 9.67 Å². The van der Waals surface area contributed by atoms with Gasteiger partial charge in [-0.2, -0.15) is 5.10 Å². The normalized spacial score (nSPS) is 18.4. The van der Waals surface area contributed by atoms with Crippen LogP contribution in [0.1, 0.15) is 11.4 Å². The fourth-order valence-corrected chi connectivity index (χ4v) is 3.66. The van der Waals surface area contributed by atoms with E-state index in [0.717, 1.165) is 22.7 Å². The van der Waals surface area contributed by atoms with Crippen molar-refractivity contribution in [2.45, 2.75) is 25.5 Å². The summed E-state index contributed by atoms with van der Waals surface area (Å²) in [7, 11) is 0. The van der Waals surface area contributed by atoms with Crippen LogP contribution in [0.3, 0.4) is 0 Å². The molecular weight excluding hydrogens is 342 g/mol. The van der Waals surface area contributed by atoms with Crippen LogP contribution in [-0.2, 0) is 24.2 Å². The Balaban J connectivity index is 1.28. The second-order valence-electron chi connectivity index (χ2n) is 6.81. The van der Waals surface area contributed by atoms with Gasteiger partial charge in [-0.3, -0.25) is 9.78 Å². The van der Waals surface area contributed by atoms with Gasteiger partial charge in [0.1, 0.15) is 11.6 Å². The fourth-order valence-electron chi connectivity index (χ4n) is 3.66. The molecule has 7 nitrogen and oxygen atoms in total. The number of hydrogen-bond acceptors (Lipinski definition) is 5. The molecule has 1 aromatic carbocycles. The second kappa shape index (κ2) is 6.50. The monoisotopic (exact) mass is 361 g/mol. The van der Waals surface area contributed by atoms with Gasteiger partial charge in [0.25, 0.3) is 5.91 Å². The summed E-state index contributed by atoms with van der Waals surface area (Å²) < 4.78 is 7.76. The number of pyridine rings is 1. The standard InChI is InChI=1S/C20H19N5O2/c26-20(17-12-14-4-1-2-6-16(14)27-17)24-9-7-18-22-19(23-25(18)11-10-24)15-5-3-8-21-13-15/h1-6,8,13,17H,7,9-12H2. The molecule has 136 valence electrons. The lowest BCUT2D eigenvalue weighted by molar-refractivity contribution is -0.137. The molecule has 0 saturated carbocycles. The lowest BCUT2D eigenvalue weighted by Crippen LogP contribution is -2.42. The third-order valence-electron chi connectivity index (χ3n) is 5.09. The van der Waals surface area contributed by atoms with Gasteiger partial charge in [0, 0.05) is 43.9 Å². The molecule has 2 aromatic heterocycles. The Labute approximate surface area is 156 Å². The van der Waals surface area contributed by atoms with Gasteiger partial charge in [0.05, 0.1) is 6.54 Å². The Morgan fingerprint density at radius 1 is 1.11 bits per heavy atom. The zero-order valence-electron chi connectivity index (χ0n) is 14.8. The van der Waals surface area contributed by atoms with Gasteiger partial charge >= 0.3 is 0 Å². The molecule has 1 atom stereocenters. The molecule has 5 rings (SSSR count). The van der Waals surface area contributed by atoms with E-state index in [0.29, 0.717) is 38.3 Å². The largest absolute Gasteiger partial charge is 0.480 e. The molecular formula is C20H19N5O2. The van der Waals surface area contributed by atoms with Crippen LogP contribution in [0, 0.1) is 0 Å². The molecule has 0 aliphatic carbocycles. The van der Waals surface area contributed by atoms with E-state index in [1.807, 2.05) is 46.0 Å². The lowest BCUT2D eigenvalue weighted by atomic mass is 10.1. The van der Waals surface area contributed by atoms with E-state index in [1.54, 1.807) is 12.4 Å². The molecule has 0 fully saturated rings. The second-order valence-corrected chi connectivity index (χ2v) is 6.81. The molecule has 1 unspecified atom stereocenters. The molecule has 1 amide bonds. The van der Waals surface area contributed by atoms with Crippen molar-refractivity contribution in [2.75, 3.05) is 13.1 Å². The summed E-state index contributed by atoms with van der Waals surface area (Å²) in [6, 6.07) is 11.7. The highest BCUT2D eigenvalue weighted by Crippen LogP contribution is 2.29. The highest BCUT2D eigenvalue weighted by molar-refractivity contribution is 5.82. The minimum Gasteiger partial charge on any atom is -0.480 e. The first-order valence-corrected chi connectivity index (χ1v) is 9.15. The van der Waals surface area contributed by atoms with E-state index < -0.39 is 6.10 Å². The maximum Gasteiger partial charge on any atom is 0.264 e. The molecule has 0 saturated heterocycles. The van der Waals surface area contributed by atoms with Crippen LogP contribution in [0.15, 0.2) is 48.8 Å². The summed E-state index contributed by atoms with van der Waals surface area (Å²) in [5.41, 5.74) is 2.00. The van der Waals surface area contributed by atoms with E-state index in [1.165, 1.54) is 0 Å². The van der Waals surface area contributed by atoms with Crippen LogP contribution in [0.2, 0.25) is 0 Å². The molecule has 4 heterocycles. The lowest BCUT2D eigenvalue weighted by Gasteiger charge is -2.23. The predicted octanol–water partition coefficient (Wildman–Crippen LogP) is 1.73. The fraction of sp³-hybridized carbons (Fsp3) is 0.300. The van der Waals surface area contributed by atoms with Crippen molar-refractivity contribution in [1.29, 1.82) is 0 Å². The number of amides is 1. The summed E-state index contributed by atoms with van der Waals surface area (Å²) in [5, 5.41) is 4.60. The van der Waals surface area contributed by atoms with Crippen molar-refractivity contribution in [1.82, 2.24) is 24.6 Å². The number of rotatable bonds is 2. The first-order valence-electron chi connectivity index (χ1n) is 9.15. The van der Waals surface area contributed by atoms with Crippen molar-refractivity contribution < 1.29 is 9.53 Å².